The Bertz CT molecular complexity index is 609. The number of hydrogen-bond donors (Lipinski definition) is 1. The molecule has 2 aromatic rings. The summed E-state index contributed by atoms with van der Waals surface area (Å²) < 4.78 is 12.9. The zero-order chi connectivity index (χ0) is 12.5. The number of halogens is 1. The molecule has 1 aliphatic heterocycles. The Balaban J connectivity index is 1.92. The summed E-state index contributed by atoms with van der Waals surface area (Å²) in [6, 6.07) is 1.84. The van der Waals surface area contributed by atoms with Crippen LogP contribution in [0.5, 0.6) is 0 Å². The van der Waals surface area contributed by atoms with Crippen LogP contribution < -0.4 is 5.56 Å². The van der Waals surface area contributed by atoms with E-state index in [1.807, 2.05) is 33.6 Å². The summed E-state index contributed by atoms with van der Waals surface area (Å²) in [4.78, 5) is 18.3. The average molecular weight is 361 g/mol. The van der Waals surface area contributed by atoms with Crippen LogP contribution in [0.3, 0.4) is 0 Å². The Morgan fingerprint density at radius 3 is 3.33 bits per heavy atom. The Morgan fingerprint density at radius 2 is 2.50 bits per heavy atom. The highest BCUT2D eigenvalue weighted by Crippen LogP contribution is 2.30. The number of hydrogen-bond acceptors (Lipinski definition) is 4. The molecule has 1 aliphatic rings. The number of fused-ring (bicyclic) bond motifs is 1. The fraction of sp³-hybridized carbons (Fsp3) is 0.455. The second-order valence-electron chi connectivity index (χ2n) is 4.26. The third kappa shape index (κ3) is 2.06. The summed E-state index contributed by atoms with van der Waals surface area (Å²) in [5.74, 6) is 0. The second kappa shape index (κ2) is 4.98. The number of aromatic nitrogens is 3. The number of ether oxygens (including phenoxy) is 1. The minimum atomic E-state index is -0.170. The van der Waals surface area contributed by atoms with E-state index in [4.69, 9.17) is 7.80 Å². The van der Waals surface area contributed by atoms with Crippen LogP contribution in [0.4, 0.5) is 0 Å². The van der Waals surface area contributed by atoms with E-state index < -0.39 is 0 Å². The van der Waals surface area contributed by atoms with Crippen LogP contribution in [0.25, 0.3) is 11.0 Å². The zero-order valence-electron chi connectivity index (χ0n) is 9.51. The lowest BCUT2D eigenvalue weighted by molar-refractivity contribution is -0.00935. The number of nitrogens with one attached hydrogen (secondary N) is 1. The standard InChI is InChI=1S/C11H12IN3O3/c12-17-5-7-1-2-9(18-7)15-6-14-10-8(15)3-4-13-11(10)16/h3-4,6-7,9H,1-2,5H2,(H,13,16). The molecule has 3 heterocycles. The minimum Gasteiger partial charge on any atom is -0.352 e. The van der Waals surface area contributed by atoms with Crippen molar-refractivity contribution < 1.29 is 7.80 Å². The monoisotopic (exact) mass is 361 g/mol. The minimum absolute atomic E-state index is 0.0617. The van der Waals surface area contributed by atoms with Gasteiger partial charge in [0.1, 0.15) is 29.2 Å². The molecule has 3 rings (SSSR count). The molecule has 18 heavy (non-hydrogen) atoms. The molecule has 0 radical (unpaired) electrons. The predicted molar refractivity (Wildman–Crippen MR) is 73.5 cm³/mol. The van der Waals surface area contributed by atoms with E-state index in [2.05, 4.69) is 9.97 Å². The van der Waals surface area contributed by atoms with Gasteiger partial charge < -0.3 is 17.4 Å². The molecule has 1 fully saturated rings. The van der Waals surface area contributed by atoms with Gasteiger partial charge in [-0.05, 0) is 18.9 Å². The van der Waals surface area contributed by atoms with Gasteiger partial charge in [0, 0.05) is 6.20 Å². The summed E-state index contributed by atoms with van der Waals surface area (Å²) >= 11 is 1.87. The van der Waals surface area contributed by atoms with E-state index in [0.29, 0.717) is 12.1 Å². The van der Waals surface area contributed by atoms with Gasteiger partial charge in [-0.25, -0.2) is 4.98 Å². The van der Waals surface area contributed by atoms with Crippen molar-refractivity contribution in [1.29, 1.82) is 0 Å². The maximum Gasteiger partial charge on any atom is 0.276 e. The number of pyridine rings is 1. The Kier molecular flexibility index (Phi) is 3.35. The van der Waals surface area contributed by atoms with Crippen LogP contribution in [0.15, 0.2) is 23.4 Å². The lowest BCUT2D eigenvalue weighted by atomic mass is 10.2. The molecule has 7 heteroatoms. The lowest BCUT2D eigenvalue weighted by Gasteiger charge is -2.14. The summed E-state index contributed by atoms with van der Waals surface area (Å²) in [6.07, 6.45) is 5.21. The van der Waals surface area contributed by atoms with Crippen molar-refractivity contribution in [1.82, 2.24) is 14.5 Å². The molecule has 96 valence electrons. The first-order chi connectivity index (χ1) is 8.79. The summed E-state index contributed by atoms with van der Waals surface area (Å²) in [5, 5.41) is 0. The number of H-pyrrole nitrogens is 1. The molecule has 2 atom stereocenters. The van der Waals surface area contributed by atoms with Gasteiger partial charge in [-0.15, -0.1) is 0 Å². The number of aromatic amines is 1. The first kappa shape index (κ1) is 12.1. The normalized spacial score (nSPS) is 23.8. The van der Waals surface area contributed by atoms with Crippen molar-refractivity contribution in [2.24, 2.45) is 0 Å². The molecule has 2 unspecified atom stereocenters. The molecule has 0 amide bonds. The molecule has 0 aliphatic carbocycles. The van der Waals surface area contributed by atoms with Gasteiger partial charge >= 0.3 is 0 Å². The molecular formula is C11H12IN3O3. The summed E-state index contributed by atoms with van der Waals surface area (Å²) in [6.45, 7) is 0.588. The molecule has 0 aromatic carbocycles. The van der Waals surface area contributed by atoms with Gasteiger partial charge in [0.25, 0.3) is 5.56 Å². The van der Waals surface area contributed by atoms with Gasteiger partial charge in [-0.3, -0.25) is 4.79 Å². The SMILES string of the molecule is O=c1[nH]ccc2c1ncn2C1CCC(COI)O1. The number of rotatable bonds is 3. The summed E-state index contributed by atoms with van der Waals surface area (Å²) in [5.41, 5.74) is 1.09. The van der Waals surface area contributed by atoms with Crippen LogP contribution in [-0.4, -0.2) is 27.2 Å². The largest absolute Gasteiger partial charge is 0.352 e. The van der Waals surface area contributed by atoms with Crippen molar-refractivity contribution in [2.75, 3.05) is 6.61 Å². The molecule has 0 spiro atoms. The van der Waals surface area contributed by atoms with Crippen LogP contribution >= 0.6 is 23.0 Å². The van der Waals surface area contributed by atoms with E-state index in [-0.39, 0.29) is 17.9 Å². The maximum atomic E-state index is 11.6. The molecule has 1 saturated heterocycles. The highest BCUT2D eigenvalue weighted by Gasteiger charge is 2.27. The zero-order valence-corrected chi connectivity index (χ0v) is 11.7. The van der Waals surface area contributed by atoms with E-state index in [1.165, 1.54) is 0 Å². The van der Waals surface area contributed by atoms with Crippen LogP contribution in [0.1, 0.15) is 19.1 Å². The first-order valence-corrected chi connectivity index (χ1v) is 6.61. The van der Waals surface area contributed by atoms with Crippen LogP contribution in [0, 0.1) is 0 Å². The molecule has 1 N–H and O–H groups in total. The molecule has 6 nitrogen and oxygen atoms in total. The molecule has 0 bridgehead atoms. The van der Waals surface area contributed by atoms with E-state index in [9.17, 15) is 4.79 Å². The molecule has 2 aromatic heterocycles. The highest BCUT2D eigenvalue weighted by molar-refractivity contribution is 14.1. The van der Waals surface area contributed by atoms with Crippen LogP contribution in [-0.2, 0) is 7.80 Å². The molecule has 0 saturated carbocycles. The van der Waals surface area contributed by atoms with Crippen molar-refractivity contribution in [3.63, 3.8) is 0 Å². The fourth-order valence-corrected chi connectivity index (χ4v) is 2.69. The van der Waals surface area contributed by atoms with E-state index >= 15 is 0 Å². The van der Waals surface area contributed by atoms with Gasteiger partial charge in [0.15, 0.2) is 5.52 Å². The first-order valence-electron chi connectivity index (χ1n) is 5.73. The topological polar surface area (TPSA) is 69.1 Å². The van der Waals surface area contributed by atoms with Gasteiger partial charge in [-0.1, -0.05) is 0 Å². The van der Waals surface area contributed by atoms with E-state index in [0.717, 1.165) is 18.4 Å². The van der Waals surface area contributed by atoms with Gasteiger partial charge in [0.2, 0.25) is 0 Å². The van der Waals surface area contributed by atoms with Crippen molar-refractivity contribution in [3.05, 3.63) is 28.9 Å². The smallest absolute Gasteiger partial charge is 0.276 e. The van der Waals surface area contributed by atoms with Crippen molar-refractivity contribution in [2.45, 2.75) is 25.2 Å². The van der Waals surface area contributed by atoms with Gasteiger partial charge in [-0.2, -0.15) is 0 Å². The number of imidazole rings is 1. The third-order valence-corrected chi connectivity index (χ3v) is 3.51. The number of nitrogens with zero attached hydrogens (tertiary/aromatic N) is 2. The Labute approximate surface area is 117 Å². The Morgan fingerprint density at radius 1 is 1.61 bits per heavy atom. The summed E-state index contributed by atoms with van der Waals surface area (Å²) in [7, 11) is 0. The van der Waals surface area contributed by atoms with Crippen LogP contribution in [0.2, 0.25) is 0 Å². The third-order valence-electron chi connectivity index (χ3n) is 3.15. The maximum absolute atomic E-state index is 11.6. The van der Waals surface area contributed by atoms with Crippen molar-refractivity contribution >= 4 is 34.0 Å². The Hall–Kier alpha value is -0.930. The fourth-order valence-electron chi connectivity index (χ4n) is 2.29. The second-order valence-corrected chi connectivity index (χ2v) is 4.88. The average Bonchev–Trinajstić information content (AvgIpc) is 2.96. The van der Waals surface area contributed by atoms with Crippen molar-refractivity contribution in [3.8, 4) is 0 Å². The lowest BCUT2D eigenvalue weighted by Crippen LogP contribution is -2.14. The quantitative estimate of drug-likeness (QED) is 0.847. The van der Waals surface area contributed by atoms with E-state index in [1.54, 1.807) is 12.5 Å². The van der Waals surface area contributed by atoms with Gasteiger partial charge in [0.05, 0.1) is 24.6 Å². The predicted octanol–water partition coefficient (Wildman–Crippen LogP) is 1.77. The highest BCUT2D eigenvalue weighted by atomic mass is 127. The molecular weight excluding hydrogens is 349 g/mol.